The smallest absolute Gasteiger partial charge is 0.253 e. The summed E-state index contributed by atoms with van der Waals surface area (Å²) in [5, 5.41) is 7.75. The minimum atomic E-state index is -0.338. The van der Waals surface area contributed by atoms with Crippen molar-refractivity contribution in [1.29, 1.82) is 0 Å². The third kappa shape index (κ3) is 5.55. The van der Waals surface area contributed by atoms with E-state index in [0.29, 0.717) is 16.5 Å². The van der Waals surface area contributed by atoms with Gasteiger partial charge in [-0.1, -0.05) is 18.2 Å². The fraction of sp³-hybridized carbons (Fsp3) is 0.240. The normalized spacial score (nSPS) is 11.3. The molecular formula is C25H26N6O2S. The topological polar surface area (TPSA) is 102 Å². The number of hydrogen-bond acceptors (Lipinski definition) is 6. The molecule has 0 spiro atoms. The van der Waals surface area contributed by atoms with Crippen LogP contribution in [-0.4, -0.2) is 37.9 Å². The molecule has 8 nitrogen and oxygen atoms in total. The molecule has 0 aliphatic rings. The van der Waals surface area contributed by atoms with E-state index in [9.17, 15) is 9.59 Å². The molecule has 3 heterocycles. The van der Waals surface area contributed by atoms with E-state index in [1.165, 1.54) is 11.3 Å². The van der Waals surface area contributed by atoms with Crippen molar-refractivity contribution < 1.29 is 9.59 Å². The number of carbonyl (C=O) groups excluding carboxylic acids is 2. The molecule has 174 valence electrons. The molecule has 0 unspecified atom stereocenters. The molecule has 0 aliphatic heterocycles. The molecular weight excluding hydrogens is 448 g/mol. The lowest BCUT2D eigenvalue weighted by atomic mass is 10.1. The Labute approximate surface area is 202 Å². The summed E-state index contributed by atoms with van der Waals surface area (Å²) in [6.07, 6.45) is 5.37. The highest BCUT2D eigenvalue weighted by atomic mass is 32.1. The van der Waals surface area contributed by atoms with Gasteiger partial charge < -0.3 is 15.2 Å². The van der Waals surface area contributed by atoms with Crippen molar-refractivity contribution in [2.75, 3.05) is 11.9 Å². The molecule has 4 aromatic rings. The van der Waals surface area contributed by atoms with E-state index >= 15 is 0 Å². The van der Waals surface area contributed by atoms with Crippen molar-refractivity contribution in [3.8, 4) is 22.5 Å². The third-order valence-corrected chi connectivity index (χ3v) is 5.88. The average molecular weight is 475 g/mol. The molecule has 0 atom stereocenters. The molecule has 2 N–H and O–H groups in total. The lowest BCUT2D eigenvalue weighted by molar-refractivity contribution is -0.115. The number of aryl methyl sites for hydroxylation is 1. The summed E-state index contributed by atoms with van der Waals surface area (Å²) >= 11 is 1.33. The fourth-order valence-electron chi connectivity index (χ4n) is 3.29. The maximum Gasteiger partial charge on any atom is 0.253 e. The second kappa shape index (κ2) is 9.56. The second-order valence-corrected chi connectivity index (χ2v) is 9.68. The van der Waals surface area contributed by atoms with Gasteiger partial charge in [-0.2, -0.15) is 0 Å². The van der Waals surface area contributed by atoms with Crippen LogP contribution in [0.4, 0.5) is 5.13 Å². The maximum absolute atomic E-state index is 12.4. The number of nitrogens with one attached hydrogen (secondary N) is 2. The molecule has 4 rings (SSSR count). The van der Waals surface area contributed by atoms with Crippen molar-refractivity contribution in [3.63, 3.8) is 0 Å². The first-order chi connectivity index (χ1) is 16.2. The van der Waals surface area contributed by atoms with Crippen LogP contribution in [0.15, 0.2) is 60.4 Å². The van der Waals surface area contributed by atoms with Gasteiger partial charge in [0, 0.05) is 40.6 Å². The van der Waals surface area contributed by atoms with Crippen LogP contribution < -0.4 is 10.6 Å². The van der Waals surface area contributed by atoms with Crippen LogP contribution in [0.3, 0.4) is 0 Å². The first kappa shape index (κ1) is 23.3. The van der Waals surface area contributed by atoms with Gasteiger partial charge in [-0.25, -0.2) is 15.0 Å². The molecule has 0 saturated carbocycles. The molecule has 9 heteroatoms. The molecule has 1 aromatic carbocycles. The van der Waals surface area contributed by atoms with Crippen LogP contribution in [-0.2, 0) is 10.3 Å². The highest BCUT2D eigenvalue weighted by Gasteiger charge is 2.16. The summed E-state index contributed by atoms with van der Waals surface area (Å²) in [5.74, 6) is 0.0740. The summed E-state index contributed by atoms with van der Waals surface area (Å²) in [7, 11) is 0. The number of rotatable bonds is 6. The fourth-order valence-corrected chi connectivity index (χ4v) is 4.03. The molecule has 34 heavy (non-hydrogen) atoms. The predicted molar refractivity (Wildman–Crippen MR) is 134 cm³/mol. The molecule has 2 amide bonds. The van der Waals surface area contributed by atoms with Crippen LogP contribution in [0.1, 0.15) is 37.0 Å². The molecule has 0 aliphatic carbocycles. The zero-order valence-corrected chi connectivity index (χ0v) is 20.3. The van der Waals surface area contributed by atoms with Gasteiger partial charge in [0.1, 0.15) is 5.82 Å². The van der Waals surface area contributed by atoms with E-state index in [0.717, 1.165) is 22.5 Å². The molecule has 0 radical (unpaired) electrons. The quantitative estimate of drug-likeness (QED) is 0.428. The summed E-state index contributed by atoms with van der Waals surface area (Å²) < 4.78 is 1.96. The van der Waals surface area contributed by atoms with Crippen molar-refractivity contribution in [1.82, 2.24) is 24.8 Å². The van der Waals surface area contributed by atoms with E-state index in [1.807, 2.05) is 53.4 Å². The lowest BCUT2D eigenvalue weighted by Crippen LogP contribution is -2.32. The molecule has 0 fully saturated rings. The molecule has 3 aromatic heterocycles. The largest absolute Gasteiger partial charge is 0.348 e. The van der Waals surface area contributed by atoms with Gasteiger partial charge >= 0.3 is 0 Å². The van der Waals surface area contributed by atoms with Crippen molar-refractivity contribution in [2.24, 2.45) is 0 Å². The zero-order chi connectivity index (χ0) is 24.3. The Balaban J connectivity index is 1.37. The van der Waals surface area contributed by atoms with Gasteiger partial charge in [-0.3, -0.25) is 9.59 Å². The van der Waals surface area contributed by atoms with Crippen molar-refractivity contribution in [2.45, 2.75) is 33.2 Å². The van der Waals surface area contributed by atoms with Gasteiger partial charge in [0.2, 0.25) is 5.91 Å². The van der Waals surface area contributed by atoms with E-state index in [-0.39, 0.29) is 23.9 Å². The Morgan fingerprint density at radius 3 is 2.53 bits per heavy atom. The van der Waals surface area contributed by atoms with E-state index in [2.05, 4.69) is 46.4 Å². The van der Waals surface area contributed by atoms with E-state index in [1.54, 1.807) is 18.5 Å². The minimum absolute atomic E-state index is 0.119. The Hall–Kier alpha value is -3.85. The Morgan fingerprint density at radius 2 is 1.82 bits per heavy atom. The highest BCUT2D eigenvalue weighted by molar-refractivity contribution is 7.14. The summed E-state index contributed by atoms with van der Waals surface area (Å²) in [6, 6.07) is 11.5. The second-order valence-electron chi connectivity index (χ2n) is 8.82. The lowest BCUT2D eigenvalue weighted by Gasteiger charge is -2.20. The minimum Gasteiger partial charge on any atom is -0.348 e. The monoisotopic (exact) mass is 474 g/mol. The summed E-state index contributed by atoms with van der Waals surface area (Å²) in [5.41, 5.74) is 3.86. The number of benzene rings is 1. The number of carbonyl (C=O) groups is 2. The molecule has 0 saturated heterocycles. The maximum atomic E-state index is 12.4. The number of aromatic nitrogens is 4. The third-order valence-electron chi connectivity index (χ3n) is 5.12. The van der Waals surface area contributed by atoms with Crippen LogP contribution in [0.25, 0.3) is 22.5 Å². The first-order valence-electron chi connectivity index (χ1n) is 10.8. The highest BCUT2D eigenvalue weighted by Crippen LogP contribution is 2.28. The SMILES string of the molecule is Cc1nccc(-c2cccc(-c3csc(NC(=O)CNC(=O)c4ccn(C(C)(C)C)c4)n3)c2)n1. The van der Waals surface area contributed by atoms with Gasteiger partial charge in [0.05, 0.1) is 23.5 Å². The number of anilines is 1. The summed E-state index contributed by atoms with van der Waals surface area (Å²) in [4.78, 5) is 37.9. The van der Waals surface area contributed by atoms with Gasteiger partial charge in [0.25, 0.3) is 5.91 Å². The van der Waals surface area contributed by atoms with Crippen molar-refractivity contribution in [3.05, 3.63) is 71.8 Å². The van der Waals surface area contributed by atoms with Gasteiger partial charge in [0.15, 0.2) is 5.13 Å². The standard InChI is InChI=1S/C25H26N6O2S/c1-16-26-10-8-20(28-16)17-6-5-7-18(12-17)21-15-34-24(29-21)30-22(32)13-27-23(33)19-9-11-31(14-19)25(2,3)4/h5-12,14-15H,13H2,1-4H3,(H,27,33)(H,29,30,32). The predicted octanol–water partition coefficient (Wildman–Crippen LogP) is 4.50. The number of nitrogens with zero attached hydrogens (tertiary/aromatic N) is 4. The van der Waals surface area contributed by atoms with E-state index in [4.69, 9.17) is 0 Å². The van der Waals surface area contributed by atoms with Gasteiger partial charge in [-0.05, 0) is 45.9 Å². The van der Waals surface area contributed by atoms with Crippen LogP contribution in [0, 0.1) is 6.92 Å². The van der Waals surface area contributed by atoms with Crippen LogP contribution in [0.5, 0.6) is 0 Å². The zero-order valence-electron chi connectivity index (χ0n) is 19.5. The average Bonchev–Trinajstić information content (AvgIpc) is 3.48. The number of hydrogen-bond donors (Lipinski definition) is 2. The van der Waals surface area contributed by atoms with Crippen LogP contribution >= 0.6 is 11.3 Å². The van der Waals surface area contributed by atoms with Gasteiger partial charge in [-0.15, -0.1) is 11.3 Å². The van der Waals surface area contributed by atoms with Crippen molar-refractivity contribution >= 4 is 28.3 Å². The summed E-state index contributed by atoms with van der Waals surface area (Å²) in [6.45, 7) is 7.87. The Kier molecular flexibility index (Phi) is 6.56. The Bertz CT molecular complexity index is 1330. The first-order valence-corrected chi connectivity index (χ1v) is 11.7. The number of thiazole rings is 1. The molecule has 0 bridgehead atoms. The van der Waals surface area contributed by atoms with E-state index < -0.39 is 0 Å². The number of amides is 2. The Morgan fingerprint density at radius 1 is 1.06 bits per heavy atom. The van der Waals surface area contributed by atoms with Crippen LogP contribution in [0.2, 0.25) is 0 Å².